The van der Waals surface area contributed by atoms with Crippen molar-refractivity contribution in [3.05, 3.63) is 34.2 Å². The van der Waals surface area contributed by atoms with Crippen LogP contribution in [0.5, 0.6) is 0 Å². The summed E-state index contributed by atoms with van der Waals surface area (Å²) >= 11 is 0. The van der Waals surface area contributed by atoms with Crippen molar-refractivity contribution in [2.75, 3.05) is 20.2 Å². The number of hydrogen-bond donors (Lipinski definition) is 0. The van der Waals surface area contributed by atoms with E-state index in [0.717, 1.165) is 12.8 Å². The van der Waals surface area contributed by atoms with Crippen molar-refractivity contribution in [1.29, 1.82) is 0 Å². The molecule has 2 heterocycles. The number of pyridine rings is 1. The predicted octanol–water partition coefficient (Wildman–Crippen LogP) is 2.21. The van der Waals surface area contributed by atoms with E-state index in [1.54, 1.807) is 17.2 Å². The highest BCUT2D eigenvalue weighted by Gasteiger charge is 2.29. The summed E-state index contributed by atoms with van der Waals surface area (Å²) in [6, 6.07) is 2.89. The van der Waals surface area contributed by atoms with E-state index in [0.29, 0.717) is 13.1 Å². The van der Waals surface area contributed by atoms with Crippen molar-refractivity contribution in [3.63, 3.8) is 0 Å². The average Bonchev–Trinajstić information content (AvgIpc) is 2.53. The van der Waals surface area contributed by atoms with Crippen molar-refractivity contribution >= 4 is 12.1 Å². The van der Waals surface area contributed by atoms with E-state index in [2.05, 4.69) is 4.74 Å². The highest BCUT2D eigenvalue weighted by Crippen LogP contribution is 2.22. The van der Waals surface area contributed by atoms with Gasteiger partial charge in [0.1, 0.15) is 11.2 Å². The zero-order valence-corrected chi connectivity index (χ0v) is 14.6. The highest BCUT2D eigenvalue weighted by atomic mass is 16.6. The maximum Gasteiger partial charge on any atom is 0.410 e. The third kappa shape index (κ3) is 4.15. The summed E-state index contributed by atoms with van der Waals surface area (Å²) in [6.45, 7) is 6.42. The Hall–Kier alpha value is -2.31. The van der Waals surface area contributed by atoms with Crippen molar-refractivity contribution in [2.45, 2.75) is 45.3 Å². The van der Waals surface area contributed by atoms with Crippen LogP contribution in [0.2, 0.25) is 0 Å². The molecular weight excluding hydrogens is 312 g/mol. The Morgan fingerprint density at radius 3 is 2.62 bits per heavy atom. The number of rotatable bonds is 2. The number of ether oxygens (including phenoxy) is 2. The van der Waals surface area contributed by atoms with Crippen LogP contribution in [0.1, 0.15) is 50.0 Å². The van der Waals surface area contributed by atoms with E-state index >= 15 is 0 Å². The molecule has 1 aromatic rings. The zero-order valence-electron chi connectivity index (χ0n) is 14.6. The van der Waals surface area contributed by atoms with Crippen LogP contribution in [0.15, 0.2) is 23.1 Å². The number of likely N-dealkylation sites (tertiary alicyclic amines) is 1. The van der Waals surface area contributed by atoms with Crippen LogP contribution in [0.3, 0.4) is 0 Å². The molecule has 0 N–H and O–H groups in total. The van der Waals surface area contributed by atoms with Crippen LogP contribution < -0.4 is 5.56 Å². The Bertz CT molecular complexity index is 674. The van der Waals surface area contributed by atoms with Crippen molar-refractivity contribution < 1.29 is 19.1 Å². The van der Waals surface area contributed by atoms with E-state index < -0.39 is 17.1 Å². The fraction of sp³-hybridized carbons (Fsp3) is 0.588. The molecule has 1 aliphatic heterocycles. The predicted molar refractivity (Wildman–Crippen MR) is 88.1 cm³/mol. The van der Waals surface area contributed by atoms with Gasteiger partial charge in [-0.2, -0.15) is 0 Å². The molecule has 7 nitrogen and oxygen atoms in total. The molecule has 1 aromatic heterocycles. The molecule has 1 amide bonds. The molecule has 132 valence electrons. The summed E-state index contributed by atoms with van der Waals surface area (Å²) in [5.74, 6) is -0.658. The molecule has 0 spiro atoms. The number of carbonyl (C=O) groups excluding carboxylic acids is 2. The van der Waals surface area contributed by atoms with Gasteiger partial charge in [-0.3, -0.25) is 4.79 Å². The number of carbonyl (C=O) groups is 2. The summed E-state index contributed by atoms with van der Waals surface area (Å²) < 4.78 is 11.5. The standard InChI is InChI=1S/C17H24N2O5/c1-17(2,3)24-16(22)18-9-5-7-12(11-18)19-10-6-8-13(14(19)20)15(21)23-4/h6,8,10,12H,5,7,9,11H2,1-4H3/t12-/m1/s1. The van der Waals surface area contributed by atoms with Crippen LogP contribution in [0.25, 0.3) is 0 Å². The molecule has 0 saturated carbocycles. The lowest BCUT2D eigenvalue weighted by Gasteiger charge is -2.34. The second-order valence-electron chi connectivity index (χ2n) is 6.85. The second-order valence-corrected chi connectivity index (χ2v) is 6.85. The van der Waals surface area contributed by atoms with Gasteiger partial charge in [0.25, 0.3) is 5.56 Å². The lowest BCUT2D eigenvalue weighted by Crippen LogP contribution is -2.45. The topological polar surface area (TPSA) is 77.8 Å². The SMILES string of the molecule is COC(=O)c1cccn([C@@H]2CCCN(C(=O)OC(C)(C)C)C2)c1=O. The molecular formula is C17H24N2O5. The maximum atomic E-state index is 12.5. The third-order valence-corrected chi connectivity index (χ3v) is 3.82. The summed E-state index contributed by atoms with van der Waals surface area (Å²) in [7, 11) is 1.24. The Balaban J connectivity index is 2.20. The van der Waals surface area contributed by atoms with Gasteiger partial charge in [-0.05, 0) is 45.7 Å². The van der Waals surface area contributed by atoms with Gasteiger partial charge in [0, 0.05) is 19.3 Å². The van der Waals surface area contributed by atoms with Crippen LogP contribution in [-0.2, 0) is 9.47 Å². The average molecular weight is 336 g/mol. The Morgan fingerprint density at radius 1 is 1.29 bits per heavy atom. The van der Waals surface area contributed by atoms with E-state index in [1.165, 1.54) is 17.7 Å². The fourth-order valence-corrected chi connectivity index (χ4v) is 2.74. The molecule has 1 fully saturated rings. The molecule has 7 heteroatoms. The normalized spacial score (nSPS) is 18.2. The van der Waals surface area contributed by atoms with Crippen LogP contribution >= 0.6 is 0 Å². The second kappa shape index (κ2) is 7.07. The minimum atomic E-state index is -0.658. The molecule has 0 radical (unpaired) electrons. The Labute approximate surface area is 141 Å². The molecule has 0 bridgehead atoms. The van der Waals surface area contributed by atoms with Gasteiger partial charge in [0.2, 0.25) is 0 Å². The molecule has 0 aliphatic carbocycles. The first-order chi connectivity index (χ1) is 11.2. The number of nitrogens with zero attached hydrogens (tertiary/aromatic N) is 2. The first-order valence-corrected chi connectivity index (χ1v) is 8.00. The maximum absolute atomic E-state index is 12.5. The van der Waals surface area contributed by atoms with Crippen molar-refractivity contribution in [2.24, 2.45) is 0 Å². The van der Waals surface area contributed by atoms with Gasteiger partial charge in [-0.1, -0.05) is 0 Å². The van der Waals surface area contributed by atoms with Gasteiger partial charge < -0.3 is 18.9 Å². The van der Waals surface area contributed by atoms with E-state index in [4.69, 9.17) is 4.74 Å². The number of amides is 1. The molecule has 1 atom stereocenters. The van der Waals surface area contributed by atoms with Gasteiger partial charge in [-0.15, -0.1) is 0 Å². The molecule has 0 aromatic carbocycles. The van der Waals surface area contributed by atoms with Gasteiger partial charge >= 0.3 is 12.1 Å². The summed E-state index contributed by atoms with van der Waals surface area (Å²) in [5.41, 5.74) is -0.971. The number of aromatic nitrogens is 1. The van der Waals surface area contributed by atoms with E-state index in [9.17, 15) is 14.4 Å². The smallest absolute Gasteiger partial charge is 0.410 e. The summed E-state index contributed by atoms with van der Waals surface area (Å²) in [6.07, 6.45) is 2.77. The first-order valence-electron chi connectivity index (χ1n) is 8.00. The summed E-state index contributed by atoms with van der Waals surface area (Å²) in [5, 5.41) is 0. The zero-order chi connectivity index (χ0) is 17.9. The van der Waals surface area contributed by atoms with Crippen LogP contribution in [0, 0.1) is 0 Å². The van der Waals surface area contributed by atoms with E-state index in [-0.39, 0.29) is 17.7 Å². The molecule has 1 aliphatic rings. The quantitative estimate of drug-likeness (QED) is 0.774. The Morgan fingerprint density at radius 2 is 2.00 bits per heavy atom. The van der Waals surface area contributed by atoms with Gasteiger partial charge in [0.15, 0.2) is 0 Å². The molecule has 1 saturated heterocycles. The lowest BCUT2D eigenvalue weighted by atomic mass is 10.1. The van der Waals surface area contributed by atoms with Crippen molar-refractivity contribution in [3.8, 4) is 0 Å². The molecule has 24 heavy (non-hydrogen) atoms. The van der Waals surface area contributed by atoms with Gasteiger partial charge in [-0.25, -0.2) is 9.59 Å². The van der Waals surface area contributed by atoms with E-state index in [1.807, 2.05) is 20.8 Å². The van der Waals surface area contributed by atoms with Gasteiger partial charge in [0.05, 0.1) is 13.2 Å². The van der Waals surface area contributed by atoms with Crippen molar-refractivity contribution in [1.82, 2.24) is 9.47 Å². The number of hydrogen-bond acceptors (Lipinski definition) is 5. The molecule has 0 unspecified atom stereocenters. The Kier molecular flexibility index (Phi) is 5.31. The minimum Gasteiger partial charge on any atom is -0.465 e. The third-order valence-electron chi connectivity index (χ3n) is 3.82. The largest absolute Gasteiger partial charge is 0.465 e. The number of esters is 1. The minimum absolute atomic E-state index is 0.00519. The van der Waals surface area contributed by atoms with Crippen LogP contribution in [0.4, 0.5) is 4.79 Å². The lowest BCUT2D eigenvalue weighted by molar-refractivity contribution is 0.0170. The first kappa shape index (κ1) is 18.0. The fourth-order valence-electron chi connectivity index (χ4n) is 2.74. The highest BCUT2D eigenvalue weighted by molar-refractivity contribution is 5.88. The number of methoxy groups -OCH3 is 1. The monoisotopic (exact) mass is 336 g/mol. The summed E-state index contributed by atoms with van der Waals surface area (Å²) in [4.78, 5) is 38.0. The number of piperidine rings is 1. The molecule has 2 rings (SSSR count). The van der Waals surface area contributed by atoms with Crippen LogP contribution in [-0.4, -0.2) is 47.3 Å².